The molecule has 1 aromatic rings. The van der Waals surface area contributed by atoms with Crippen molar-refractivity contribution in [1.82, 2.24) is 9.80 Å². The summed E-state index contributed by atoms with van der Waals surface area (Å²) >= 11 is 3.29. The molecule has 0 aliphatic heterocycles. The second-order valence-corrected chi connectivity index (χ2v) is 7.77. The highest BCUT2D eigenvalue weighted by atomic mass is 79.9. The second-order valence-electron chi connectivity index (χ2n) is 4.74. The third-order valence-electron chi connectivity index (χ3n) is 2.59. The van der Waals surface area contributed by atoms with Crippen LogP contribution < -0.4 is 0 Å². The Kier molecular flexibility index (Phi) is 6.01. The van der Waals surface area contributed by atoms with Gasteiger partial charge < -0.3 is 9.80 Å². The van der Waals surface area contributed by atoms with Crippen LogP contribution >= 0.6 is 15.9 Å². The maximum absolute atomic E-state index is 12.2. The molecule has 0 atom stereocenters. The molecule has 0 aliphatic rings. The predicted octanol–water partition coefficient (Wildman–Crippen LogP) is 1.70. The van der Waals surface area contributed by atoms with Gasteiger partial charge in [0.05, 0.1) is 17.2 Å². The van der Waals surface area contributed by atoms with Crippen LogP contribution in [0, 0.1) is 0 Å². The van der Waals surface area contributed by atoms with Gasteiger partial charge in [-0.25, -0.2) is 8.42 Å². The van der Waals surface area contributed by atoms with Crippen molar-refractivity contribution in [3.63, 3.8) is 0 Å². The highest BCUT2D eigenvalue weighted by molar-refractivity contribution is 9.10. The van der Waals surface area contributed by atoms with Gasteiger partial charge in [0.2, 0.25) is 0 Å². The van der Waals surface area contributed by atoms with E-state index in [1.807, 2.05) is 38.0 Å². The highest BCUT2D eigenvalue weighted by Crippen LogP contribution is 2.15. The summed E-state index contributed by atoms with van der Waals surface area (Å²) in [6.45, 7) is 0.240. The van der Waals surface area contributed by atoms with E-state index in [1.165, 1.54) is 0 Å². The minimum absolute atomic E-state index is 0.000186. The van der Waals surface area contributed by atoms with Crippen molar-refractivity contribution in [3.05, 3.63) is 28.7 Å². The zero-order valence-electron chi connectivity index (χ0n) is 12.2. The van der Waals surface area contributed by atoms with E-state index in [2.05, 4.69) is 20.9 Å². The molecule has 0 saturated carbocycles. The Hall–Kier alpha value is -1.08. The van der Waals surface area contributed by atoms with E-state index in [1.54, 1.807) is 24.3 Å². The van der Waals surface area contributed by atoms with Crippen LogP contribution in [0.4, 0.5) is 0 Å². The number of benzene rings is 1. The first-order valence-electron chi connectivity index (χ1n) is 6.11. The largest absolute Gasteiger partial charge is 0.349 e. The molecular weight excluding hydrogens is 342 g/mol. The normalized spacial score (nSPS) is 11.1. The Morgan fingerprint density at radius 3 is 2.05 bits per heavy atom. The number of guanidine groups is 1. The summed E-state index contributed by atoms with van der Waals surface area (Å²) in [6, 6.07) is 6.65. The van der Waals surface area contributed by atoms with Crippen LogP contribution in [0.1, 0.15) is 0 Å². The number of halogens is 1. The lowest BCUT2D eigenvalue weighted by molar-refractivity contribution is 0.480. The molecule has 5 nitrogen and oxygen atoms in total. The van der Waals surface area contributed by atoms with Gasteiger partial charge in [-0.3, -0.25) is 4.99 Å². The van der Waals surface area contributed by atoms with Crippen LogP contribution in [0.2, 0.25) is 0 Å². The van der Waals surface area contributed by atoms with E-state index in [0.717, 1.165) is 10.4 Å². The monoisotopic (exact) mass is 361 g/mol. The van der Waals surface area contributed by atoms with Crippen LogP contribution in [0.15, 0.2) is 38.6 Å². The Morgan fingerprint density at radius 1 is 1.10 bits per heavy atom. The fraction of sp³-hybridized carbons (Fsp3) is 0.462. The molecule has 0 amide bonds. The van der Waals surface area contributed by atoms with E-state index >= 15 is 0 Å². The molecular formula is C13H20BrN3O2S. The summed E-state index contributed by atoms with van der Waals surface area (Å²) in [7, 11) is 4.22. The zero-order chi connectivity index (χ0) is 15.3. The lowest BCUT2D eigenvalue weighted by Gasteiger charge is -2.22. The van der Waals surface area contributed by atoms with Gasteiger partial charge in [-0.15, -0.1) is 0 Å². The van der Waals surface area contributed by atoms with Crippen molar-refractivity contribution >= 4 is 31.7 Å². The number of hydrogen-bond donors (Lipinski definition) is 0. The molecule has 1 rings (SSSR count). The Bertz CT molecular complexity index is 556. The lowest BCUT2D eigenvalue weighted by atomic mass is 10.4. The molecule has 0 N–H and O–H groups in total. The molecule has 0 bridgehead atoms. The second kappa shape index (κ2) is 7.08. The van der Waals surface area contributed by atoms with Gasteiger partial charge in [0.15, 0.2) is 15.8 Å². The van der Waals surface area contributed by atoms with Crippen molar-refractivity contribution in [2.45, 2.75) is 4.90 Å². The SMILES string of the molecule is CN(C)C(=NCCS(=O)(=O)c1ccc(Br)cc1)N(C)C. The Balaban J connectivity index is 2.78. The molecule has 0 spiro atoms. The van der Waals surface area contributed by atoms with Crippen molar-refractivity contribution < 1.29 is 8.42 Å². The summed E-state index contributed by atoms with van der Waals surface area (Å²) in [5, 5.41) is 0. The van der Waals surface area contributed by atoms with Crippen molar-refractivity contribution in [3.8, 4) is 0 Å². The van der Waals surface area contributed by atoms with Crippen molar-refractivity contribution in [2.75, 3.05) is 40.5 Å². The number of hydrogen-bond acceptors (Lipinski definition) is 3. The van der Waals surface area contributed by atoms with E-state index in [0.29, 0.717) is 4.90 Å². The highest BCUT2D eigenvalue weighted by Gasteiger charge is 2.14. The average Bonchev–Trinajstić information content (AvgIpc) is 2.34. The van der Waals surface area contributed by atoms with Crippen molar-refractivity contribution in [2.24, 2.45) is 4.99 Å². The molecule has 0 radical (unpaired) electrons. The minimum atomic E-state index is -3.29. The lowest BCUT2D eigenvalue weighted by Crippen LogP contribution is -2.35. The average molecular weight is 362 g/mol. The van der Waals surface area contributed by atoms with Crippen LogP contribution in [0.25, 0.3) is 0 Å². The van der Waals surface area contributed by atoms with Crippen LogP contribution in [-0.4, -0.2) is 64.7 Å². The maximum atomic E-state index is 12.2. The fourth-order valence-corrected chi connectivity index (χ4v) is 3.09. The molecule has 0 fully saturated rings. The standard InChI is InChI=1S/C13H20BrN3O2S/c1-16(2)13(17(3)4)15-9-10-20(18,19)12-7-5-11(14)6-8-12/h5-8H,9-10H2,1-4H3. The summed E-state index contributed by atoms with van der Waals surface area (Å²) in [6.07, 6.45) is 0. The van der Waals surface area contributed by atoms with E-state index in [4.69, 9.17) is 0 Å². The smallest absolute Gasteiger partial charge is 0.195 e. The van der Waals surface area contributed by atoms with Gasteiger partial charge in [-0.2, -0.15) is 0 Å². The minimum Gasteiger partial charge on any atom is -0.349 e. The van der Waals surface area contributed by atoms with Crippen LogP contribution in [-0.2, 0) is 9.84 Å². The summed E-state index contributed by atoms with van der Waals surface area (Å²) in [5.74, 6) is 0.746. The molecule has 7 heteroatoms. The topological polar surface area (TPSA) is 53.0 Å². The van der Waals surface area contributed by atoms with Gasteiger partial charge in [0.1, 0.15) is 0 Å². The van der Waals surface area contributed by atoms with Crippen LogP contribution in [0.3, 0.4) is 0 Å². The maximum Gasteiger partial charge on any atom is 0.195 e. The Labute approximate surface area is 129 Å². The molecule has 0 saturated heterocycles. The van der Waals surface area contributed by atoms with E-state index in [9.17, 15) is 8.42 Å². The quantitative estimate of drug-likeness (QED) is 0.604. The molecule has 112 valence electrons. The fourth-order valence-electron chi connectivity index (χ4n) is 1.71. The number of nitrogens with zero attached hydrogens (tertiary/aromatic N) is 3. The van der Waals surface area contributed by atoms with Gasteiger partial charge in [-0.1, -0.05) is 15.9 Å². The summed E-state index contributed by atoms with van der Waals surface area (Å²) in [5.41, 5.74) is 0. The summed E-state index contributed by atoms with van der Waals surface area (Å²) < 4.78 is 25.2. The number of rotatable bonds is 4. The first-order valence-corrected chi connectivity index (χ1v) is 8.56. The van der Waals surface area contributed by atoms with Gasteiger partial charge in [-0.05, 0) is 24.3 Å². The first kappa shape index (κ1) is 17.0. The third-order valence-corrected chi connectivity index (χ3v) is 4.83. The molecule has 1 aromatic carbocycles. The first-order chi connectivity index (χ1) is 9.24. The van der Waals surface area contributed by atoms with Gasteiger partial charge >= 0.3 is 0 Å². The number of sulfone groups is 1. The van der Waals surface area contributed by atoms with E-state index < -0.39 is 9.84 Å². The van der Waals surface area contributed by atoms with Crippen LogP contribution in [0.5, 0.6) is 0 Å². The molecule has 0 heterocycles. The van der Waals surface area contributed by atoms with Crippen molar-refractivity contribution in [1.29, 1.82) is 0 Å². The summed E-state index contributed by atoms with van der Waals surface area (Å²) in [4.78, 5) is 8.36. The molecule has 0 aliphatic carbocycles. The van der Waals surface area contributed by atoms with Gasteiger partial charge in [0.25, 0.3) is 0 Å². The third kappa shape index (κ3) is 4.79. The number of aliphatic imine (C=N–C) groups is 1. The van der Waals surface area contributed by atoms with E-state index in [-0.39, 0.29) is 12.3 Å². The predicted molar refractivity (Wildman–Crippen MR) is 85.9 cm³/mol. The zero-order valence-corrected chi connectivity index (χ0v) is 14.6. The Morgan fingerprint density at radius 2 is 1.60 bits per heavy atom. The molecule has 0 aromatic heterocycles. The van der Waals surface area contributed by atoms with Gasteiger partial charge in [0, 0.05) is 32.7 Å². The molecule has 0 unspecified atom stereocenters. The molecule has 20 heavy (non-hydrogen) atoms.